The number of phenolic OH excluding ortho intramolecular Hbond substituents is 1. The average Bonchev–Trinajstić information content (AvgIpc) is 1.62. The van der Waals surface area contributed by atoms with Gasteiger partial charge in [0.15, 0.2) is 11.2 Å². The number of phenols is 1. The number of hydrogen-bond donors (Lipinski definition) is 15. The van der Waals surface area contributed by atoms with Crippen LogP contribution in [0.1, 0.15) is 94.5 Å². The predicted octanol–water partition coefficient (Wildman–Crippen LogP) is 6.27. The Morgan fingerprint density at radius 2 is 1.42 bits per heavy atom. The molecule has 17 N–H and O–H groups in total. The van der Waals surface area contributed by atoms with Crippen LogP contribution in [0.15, 0.2) is 114 Å². The van der Waals surface area contributed by atoms with E-state index in [0.29, 0.717) is 64.2 Å². The van der Waals surface area contributed by atoms with E-state index in [2.05, 4.69) is 67.1 Å². The van der Waals surface area contributed by atoms with Crippen molar-refractivity contribution in [3.05, 3.63) is 148 Å². The lowest BCUT2D eigenvalue weighted by molar-refractivity contribution is -0.143. The molecule has 0 saturated heterocycles. The van der Waals surface area contributed by atoms with E-state index in [-0.39, 0.29) is 84.1 Å². The molecule has 0 radical (unpaired) electrons. The van der Waals surface area contributed by atoms with Gasteiger partial charge in [-0.15, -0.1) is 11.6 Å². The van der Waals surface area contributed by atoms with Gasteiger partial charge in [-0.25, -0.2) is 14.8 Å². The maximum Gasteiger partial charge on any atom is 0.327 e. The Balaban J connectivity index is 0.000000229. The van der Waals surface area contributed by atoms with Gasteiger partial charge in [0.2, 0.25) is 29.6 Å². The number of nitrogens with one attached hydrogen (secondary N) is 10. The normalized spacial score (nSPS) is 13.7. The first kappa shape index (κ1) is 70.6. The number of carbonyl (C=O) groups excluding carboxylic acids is 7. The fraction of sp³-hybridized carbons (Fsp3) is 0.277. The SMILES string of the molecule is CCCC(=O)Nc1ccc2[nH]c(C(=O)Nc3ccc4[nH]c(C(=O)N5CC(CCl)c6c5cc(O)c5ccccc65)cc4c3)cc2c1.CSSCC(NC(=O)C(CC(=O)O)NC(=O)C(N)CNC(=O)CCC(C)NC(=O)c1ccc(NCc2cnc3nc(N)[nH]c(=O)c3n2)cc1)C(=O)O. The van der Waals surface area contributed by atoms with Crippen LogP contribution < -0.4 is 59.1 Å². The van der Waals surface area contributed by atoms with Gasteiger partial charge in [0.1, 0.15) is 35.3 Å². The number of aromatic hydroxyl groups is 1. The van der Waals surface area contributed by atoms with E-state index in [1.165, 1.54) is 27.8 Å². The molecular weight excluding hydrogens is 1310 g/mol. The second-order valence-electron chi connectivity index (χ2n) is 22.6. The number of anilines is 5. The predicted molar refractivity (Wildman–Crippen MR) is 372 cm³/mol. The molecule has 32 heteroatoms. The average molecular weight is 1380 g/mol. The molecule has 5 heterocycles. The summed E-state index contributed by atoms with van der Waals surface area (Å²) in [7, 11) is 2.45. The van der Waals surface area contributed by atoms with E-state index in [4.69, 9.17) is 23.1 Å². The highest BCUT2D eigenvalue weighted by molar-refractivity contribution is 8.76. The van der Waals surface area contributed by atoms with Gasteiger partial charge < -0.3 is 78.9 Å². The molecule has 4 aromatic heterocycles. The lowest BCUT2D eigenvalue weighted by Crippen LogP contribution is -2.57. The number of amides is 7. The van der Waals surface area contributed by atoms with Gasteiger partial charge >= 0.3 is 11.9 Å². The Bertz CT molecular complexity index is 4550. The molecule has 0 aliphatic carbocycles. The third-order valence-electron chi connectivity index (χ3n) is 15.4. The number of carboxylic acid groups (broad SMARTS) is 2. The first-order valence-corrected chi connectivity index (χ1v) is 33.6. The lowest BCUT2D eigenvalue weighted by Gasteiger charge is -2.22. The van der Waals surface area contributed by atoms with Crippen molar-refractivity contribution in [2.45, 2.75) is 82.6 Å². The number of nitrogens with zero attached hydrogens (tertiary/aromatic N) is 4. The van der Waals surface area contributed by atoms with E-state index >= 15 is 0 Å². The molecule has 5 aromatic carbocycles. The largest absolute Gasteiger partial charge is 0.507 e. The number of rotatable bonds is 27. The number of aromatic amines is 3. The number of carbonyl (C=O) groups is 9. The van der Waals surface area contributed by atoms with Gasteiger partial charge in [0.05, 0.1) is 30.5 Å². The minimum atomic E-state index is -1.61. The maximum atomic E-state index is 13.8. The quantitative estimate of drug-likeness (QED) is 0.0199. The molecule has 0 spiro atoms. The fourth-order valence-corrected chi connectivity index (χ4v) is 12.1. The molecule has 7 amide bonds. The molecule has 9 aromatic rings. The molecular formula is C65H69ClN16O13S2. The van der Waals surface area contributed by atoms with Gasteiger partial charge in [-0.2, -0.15) is 4.98 Å². The summed E-state index contributed by atoms with van der Waals surface area (Å²) in [5, 5.41) is 51.1. The molecule has 1 aliphatic rings. The van der Waals surface area contributed by atoms with Gasteiger partial charge in [-0.3, -0.25) is 48.1 Å². The summed E-state index contributed by atoms with van der Waals surface area (Å²) >= 11 is 6.36. The third kappa shape index (κ3) is 18.0. The minimum absolute atomic E-state index is 0.00134. The van der Waals surface area contributed by atoms with Crippen LogP contribution in [0.5, 0.6) is 5.75 Å². The Labute approximate surface area is 565 Å². The van der Waals surface area contributed by atoms with Crippen LogP contribution in [0.3, 0.4) is 0 Å². The number of halogens is 1. The maximum absolute atomic E-state index is 13.8. The molecule has 97 heavy (non-hydrogen) atoms. The summed E-state index contributed by atoms with van der Waals surface area (Å²) in [5.74, 6) is -5.82. The van der Waals surface area contributed by atoms with Gasteiger partial charge in [-0.1, -0.05) is 52.8 Å². The van der Waals surface area contributed by atoms with E-state index < -0.39 is 65.8 Å². The lowest BCUT2D eigenvalue weighted by atomic mass is 9.95. The minimum Gasteiger partial charge on any atom is -0.507 e. The van der Waals surface area contributed by atoms with E-state index in [9.17, 15) is 63.3 Å². The monoisotopic (exact) mass is 1380 g/mol. The molecule has 5 atom stereocenters. The Morgan fingerprint density at radius 1 is 0.763 bits per heavy atom. The van der Waals surface area contributed by atoms with Crippen molar-refractivity contribution in [3.63, 3.8) is 0 Å². The topological polar surface area (TPSA) is 457 Å². The molecule has 5 unspecified atom stereocenters. The summed E-state index contributed by atoms with van der Waals surface area (Å²) in [4.78, 5) is 147. The van der Waals surface area contributed by atoms with Crippen LogP contribution in [0.25, 0.3) is 43.7 Å². The number of benzene rings is 5. The molecule has 10 rings (SSSR count). The van der Waals surface area contributed by atoms with Crippen molar-refractivity contribution < 1.29 is 58.5 Å². The summed E-state index contributed by atoms with van der Waals surface area (Å²) in [6, 6.07) is 25.5. The van der Waals surface area contributed by atoms with Crippen LogP contribution >= 0.6 is 33.2 Å². The highest BCUT2D eigenvalue weighted by atomic mass is 35.5. The number of fused-ring (bicyclic) bond motifs is 6. The summed E-state index contributed by atoms with van der Waals surface area (Å²) in [6.07, 6.45) is 3.78. The van der Waals surface area contributed by atoms with Crippen molar-refractivity contribution in [2.24, 2.45) is 5.73 Å². The second-order valence-corrected chi connectivity index (χ2v) is 25.5. The number of nitrogen functional groups attached to an aromatic ring is 1. The zero-order chi connectivity index (χ0) is 69.6. The van der Waals surface area contributed by atoms with Crippen molar-refractivity contribution in [2.75, 3.05) is 57.6 Å². The summed E-state index contributed by atoms with van der Waals surface area (Å²) in [5.41, 5.74) is 17.7. The van der Waals surface area contributed by atoms with Crippen LogP contribution in [-0.4, -0.2) is 154 Å². The van der Waals surface area contributed by atoms with Crippen molar-refractivity contribution in [1.29, 1.82) is 0 Å². The van der Waals surface area contributed by atoms with Gasteiger partial charge in [0.25, 0.3) is 23.3 Å². The number of nitrogens with two attached hydrogens (primary N) is 2. The number of hydrogen-bond acceptors (Lipinski definition) is 19. The Hall–Kier alpha value is -10.8. The number of aliphatic carboxylic acids is 2. The van der Waals surface area contributed by atoms with Gasteiger partial charge in [-0.05, 0) is 110 Å². The van der Waals surface area contributed by atoms with Crippen LogP contribution in [0.4, 0.5) is 28.7 Å². The summed E-state index contributed by atoms with van der Waals surface area (Å²) < 4.78 is 0. The highest BCUT2D eigenvalue weighted by Gasteiger charge is 2.36. The zero-order valence-corrected chi connectivity index (χ0v) is 54.8. The molecule has 1 aliphatic heterocycles. The van der Waals surface area contributed by atoms with Crippen molar-refractivity contribution in [3.8, 4) is 5.75 Å². The zero-order valence-electron chi connectivity index (χ0n) is 52.4. The van der Waals surface area contributed by atoms with E-state index in [0.717, 1.165) is 44.6 Å². The van der Waals surface area contributed by atoms with Crippen molar-refractivity contribution >= 4 is 159 Å². The second kappa shape index (κ2) is 32.1. The van der Waals surface area contributed by atoms with Crippen molar-refractivity contribution in [1.82, 2.24) is 51.2 Å². The van der Waals surface area contributed by atoms with Crippen LogP contribution in [0.2, 0.25) is 0 Å². The molecule has 0 saturated carbocycles. The van der Waals surface area contributed by atoms with Crippen LogP contribution in [-0.2, 0) is 35.3 Å². The first-order valence-electron chi connectivity index (χ1n) is 30.4. The first-order chi connectivity index (χ1) is 46.5. The smallest absolute Gasteiger partial charge is 0.327 e. The Morgan fingerprint density at radius 3 is 2.09 bits per heavy atom. The molecule has 29 nitrogen and oxygen atoms in total. The number of alkyl halides is 1. The third-order valence-corrected chi connectivity index (χ3v) is 17.6. The van der Waals surface area contributed by atoms with E-state index in [1.54, 1.807) is 72.7 Å². The number of H-pyrrole nitrogens is 3. The molecule has 0 bridgehead atoms. The standard InChI is InChI=1S/C35H30ClN5O4.C30H39N11O9S2/c1-2-5-32(43)37-22-8-10-26-19(12-22)14-28(39-26)34(44)38-23-9-11-27-20(13-23)15-29(40-27)35(45)41-18-21(17-36)33-25-7-4-3-6-24(25)31(42)16-30(33)41;1-14(36-25(45)15-4-6-16(7-5-15)33-10-17-11-35-24-23(37-17)28(48)41-30(32)40-24)3-8-21(42)34-12-18(31)26(46)38-19(9-22(43)44)27(47)39-20(29(49)50)13-52-51-2/h3-4,6-16,21,39-40,42H,2,5,17-18H2,1H3,(H,37,43)(H,38,44);4-7,11,14,18-20,33H,3,8-10,12-13,31H2,1-2H3,(H,34,42)(H,36,45)(H,38,46)(H,39,47)(H,43,44)(H,49,50)(H3,32,35,40,41,48). The fourth-order valence-electron chi connectivity index (χ4n) is 10.6. The van der Waals surface area contributed by atoms with Crippen LogP contribution in [0, 0.1) is 0 Å². The number of carboxylic acids is 2. The van der Waals surface area contributed by atoms with Gasteiger partial charge in [0, 0.05) is 105 Å². The molecule has 0 fully saturated rings. The Kier molecular flexibility index (Phi) is 23.4. The highest BCUT2D eigenvalue weighted by Crippen LogP contribution is 2.46. The molecule has 506 valence electrons. The van der Waals surface area contributed by atoms with E-state index in [1.807, 2.05) is 55.5 Å². The number of aromatic nitrogens is 6. The summed E-state index contributed by atoms with van der Waals surface area (Å²) in [6.45, 7) is 3.96.